The van der Waals surface area contributed by atoms with Gasteiger partial charge >= 0.3 is 6.09 Å². The molecule has 4 N–H and O–H groups in total. The fourth-order valence-corrected chi connectivity index (χ4v) is 3.29. The van der Waals surface area contributed by atoms with Crippen LogP contribution in [0.15, 0.2) is 42.6 Å². The van der Waals surface area contributed by atoms with Crippen LogP contribution in [0, 0.1) is 0 Å². The molecule has 0 radical (unpaired) electrons. The molecule has 3 rings (SSSR count). The Morgan fingerprint density at radius 2 is 1.87 bits per heavy atom. The number of nitrogens with zero attached hydrogens (tertiary/aromatic N) is 2. The van der Waals surface area contributed by atoms with Crippen molar-refractivity contribution in [3.63, 3.8) is 0 Å². The highest BCUT2D eigenvalue weighted by molar-refractivity contribution is 5.99. The van der Waals surface area contributed by atoms with E-state index in [0.29, 0.717) is 24.3 Å². The highest BCUT2D eigenvalue weighted by Crippen LogP contribution is 2.23. The number of anilines is 3. The predicted molar refractivity (Wildman–Crippen MR) is 117 cm³/mol. The van der Waals surface area contributed by atoms with Crippen molar-refractivity contribution >= 4 is 29.2 Å². The Hall–Kier alpha value is -3.29. The van der Waals surface area contributed by atoms with Gasteiger partial charge in [-0.1, -0.05) is 12.1 Å². The average molecular weight is 412 g/mol. The third-order valence-corrected chi connectivity index (χ3v) is 4.73. The summed E-state index contributed by atoms with van der Waals surface area (Å²) in [5.74, 6) is 0.245. The van der Waals surface area contributed by atoms with Crippen LogP contribution < -0.4 is 16.4 Å². The van der Waals surface area contributed by atoms with Gasteiger partial charge in [-0.25, -0.2) is 9.78 Å². The molecule has 0 aliphatic carbocycles. The summed E-state index contributed by atoms with van der Waals surface area (Å²) >= 11 is 0. The third kappa shape index (κ3) is 5.85. The maximum Gasteiger partial charge on any atom is 0.410 e. The number of benzene rings is 1. The largest absolute Gasteiger partial charge is 0.444 e. The van der Waals surface area contributed by atoms with Crippen molar-refractivity contribution in [1.29, 1.82) is 0 Å². The van der Waals surface area contributed by atoms with Gasteiger partial charge in [-0.05, 0) is 51.8 Å². The van der Waals surface area contributed by atoms with Gasteiger partial charge in [0.1, 0.15) is 11.4 Å². The first kappa shape index (κ1) is 21.4. The lowest BCUT2D eigenvalue weighted by molar-refractivity contribution is 0.0210. The third-order valence-electron chi connectivity index (χ3n) is 4.73. The van der Waals surface area contributed by atoms with E-state index in [1.165, 1.54) is 0 Å². The summed E-state index contributed by atoms with van der Waals surface area (Å²) in [6.45, 7) is 6.88. The number of nitrogens with one attached hydrogen (secondary N) is 2. The molecule has 0 bridgehead atoms. The van der Waals surface area contributed by atoms with Crippen LogP contribution in [-0.2, 0) is 4.74 Å². The van der Waals surface area contributed by atoms with Crippen LogP contribution in [0.3, 0.4) is 0 Å². The highest BCUT2D eigenvalue weighted by atomic mass is 16.6. The second-order valence-corrected chi connectivity index (χ2v) is 8.35. The van der Waals surface area contributed by atoms with E-state index in [4.69, 9.17) is 10.5 Å². The first-order valence-electron chi connectivity index (χ1n) is 10.1. The van der Waals surface area contributed by atoms with Crippen molar-refractivity contribution in [2.24, 2.45) is 5.73 Å². The summed E-state index contributed by atoms with van der Waals surface area (Å²) in [4.78, 5) is 29.9. The molecule has 30 heavy (non-hydrogen) atoms. The molecule has 8 heteroatoms. The molecule has 0 saturated carbocycles. The Labute approximate surface area is 176 Å². The van der Waals surface area contributed by atoms with Gasteiger partial charge in [-0.3, -0.25) is 4.79 Å². The number of nitrogens with two attached hydrogens (primary N) is 1. The molecule has 0 unspecified atom stereocenters. The first-order chi connectivity index (χ1) is 14.2. The predicted octanol–water partition coefficient (Wildman–Crippen LogP) is 3.74. The fourth-order valence-electron chi connectivity index (χ4n) is 3.29. The summed E-state index contributed by atoms with van der Waals surface area (Å²) in [7, 11) is 0. The van der Waals surface area contributed by atoms with Crippen LogP contribution in [0.2, 0.25) is 0 Å². The number of likely N-dealkylation sites (tertiary alicyclic amines) is 1. The van der Waals surface area contributed by atoms with Crippen molar-refractivity contribution in [2.45, 2.75) is 45.3 Å². The molecular weight excluding hydrogens is 382 g/mol. The quantitative estimate of drug-likeness (QED) is 0.691. The van der Waals surface area contributed by atoms with Crippen LogP contribution in [0.25, 0.3) is 0 Å². The average Bonchev–Trinajstić information content (AvgIpc) is 2.68. The minimum absolute atomic E-state index is 0.212. The lowest BCUT2D eigenvalue weighted by Crippen LogP contribution is -2.44. The van der Waals surface area contributed by atoms with Gasteiger partial charge in [-0.15, -0.1) is 0 Å². The number of hydrogen-bond acceptors (Lipinski definition) is 6. The smallest absolute Gasteiger partial charge is 0.410 e. The Morgan fingerprint density at radius 3 is 2.53 bits per heavy atom. The topological polar surface area (TPSA) is 110 Å². The van der Waals surface area contributed by atoms with Gasteiger partial charge < -0.3 is 26.0 Å². The standard InChI is InChI=1S/C22H29N5O3/c1-22(2,3)30-21(29)27-12-9-15(10-13-27)26-19-14-16(8-11-24-19)25-18-7-5-4-6-17(18)20(23)28/h4-8,11,14-15H,9-10,12-13H2,1-3H3,(H2,23,28)(H2,24,25,26). The number of amides is 2. The SMILES string of the molecule is CC(C)(C)OC(=O)N1CCC(Nc2cc(Nc3ccccc3C(N)=O)ccn2)CC1. The molecular formula is C22H29N5O3. The molecule has 2 amide bonds. The Bertz CT molecular complexity index is 902. The summed E-state index contributed by atoms with van der Waals surface area (Å²) < 4.78 is 5.44. The molecule has 0 atom stereocenters. The maximum absolute atomic E-state index is 12.2. The molecule has 1 aromatic heterocycles. The number of rotatable bonds is 5. The van der Waals surface area contributed by atoms with Crippen LogP contribution >= 0.6 is 0 Å². The molecule has 2 aromatic rings. The Kier molecular flexibility index (Phi) is 6.44. The molecule has 1 aliphatic rings. The summed E-state index contributed by atoms with van der Waals surface area (Å²) in [5, 5.41) is 6.66. The maximum atomic E-state index is 12.2. The zero-order valence-electron chi connectivity index (χ0n) is 17.6. The van der Waals surface area contributed by atoms with E-state index in [0.717, 1.165) is 24.3 Å². The van der Waals surface area contributed by atoms with Gasteiger partial charge in [0.05, 0.1) is 11.3 Å². The minimum Gasteiger partial charge on any atom is -0.444 e. The lowest BCUT2D eigenvalue weighted by atomic mass is 10.1. The second-order valence-electron chi connectivity index (χ2n) is 8.35. The van der Waals surface area contributed by atoms with Crippen molar-refractivity contribution in [3.8, 4) is 0 Å². The van der Waals surface area contributed by atoms with E-state index in [1.54, 1.807) is 29.3 Å². The number of carbonyl (C=O) groups excluding carboxylic acids is 2. The summed E-state index contributed by atoms with van der Waals surface area (Å²) in [5.41, 5.74) is 6.83. The minimum atomic E-state index is -0.489. The van der Waals surface area contributed by atoms with Crippen molar-refractivity contribution in [3.05, 3.63) is 48.2 Å². The lowest BCUT2D eigenvalue weighted by Gasteiger charge is -2.33. The van der Waals surface area contributed by atoms with E-state index < -0.39 is 11.5 Å². The first-order valence-corrected chi connectivity index (χ1v) is 10.1. The van der Waals surface area contributed by atoms with E-state index in [9.17, 15) is 9.59 Å². The Balaban J connectivity index is 1.58. The molecule has 1 fully saturated rings. The van der Waals surface area contributed by atoms with Crippen molar-refractivity contribution < 1.29 is 14.3 Å². The van der Waals surface area contributed by atoms with Gasteiger partial charge in [0.15, 0.2) is 0 Å². The monoisotopic (exact) mass is 411 g/mol. The van der Waals surface area contributed by atoms with Crippen molar-refractivity contribution in [1.82, 2.24) is 9.88 Å². The number of piperidine rings is 1. The van der Waals surface area contributed by atoms with Crippen LogP contribution in [0.4, 0.5) is 22.0 Å². The number of carbonyl (C=O) groups is 2. The molecule has 8 nitrogen and oxygen atoms in total. The van der Waals surface area contributed by atoms with E-state index >= 15 is 0 Å². The number of ether oxygens (including phenoxy) is 1. The van der Waals surface area contributed by atoms with E-state index in [1.807, 2.05) is 39.0 Å². The van der Waals surface area contributed by atoms with Crippen molar-refractivity contribution in [2.75, 3.05) is 23.7 Å². The van der Waals surface area contributed by atoms with Gasteiger partial charge in [-0.2, -0.15) is 0 Å². The number of pyridine rings is 1. The highest BCUT2D eigenvalue weighted by Gasteiger charge is 2.26. The zero-order chi connectivity index (χ0) is 21.7. The molecule has 1 aromatic carbocycles. The van der Waals surface area contributed by atoms with E-state index in [-0.39, 0.29) is 12.1 Å². The zero-order valence-corrected chi connectivity index (χ0v) is 17.6. The molecule has 1 saturated heterocycles. The van der Waals surface area contributed by atoms with Crippen LogP contribution in [-0.4, -0.2) is 46.6 Å². The molecule has 1 aliphatic heterocycles. The summed E-state index contributed by atoms with van der Waals surface area (Å²) in [6, 6.07) is 11.0. The number of para-hydroxylation sites is 1. The van der Waals surface area contributed by atoms with Gasteiger partial charge in [0.2, 0.25) is 0 Å². The van der Waals surface area contributed by atoms with Crippen LogP contribution in [0.1, 0.15) is 44.0 Å². The number of aromatic nitrogens is 1. The van der Waals surface area contributed by atoms with Crippen LogP contribution in [0.5, 0.6) is 0 Å². The molecule has 0 spiro atoms. The molecule has 160 valence electrons. The Morgan fingerprint density at radius 1 is 1.17 bits per heavy atom. The number of primary amides is 1. The fraction of sp³-hybridized carbons (Fsp3) is 0.409. The summed E-state index contributed by atoms with van der Waals surface area (Å²) in [6.07, 6.45) is 3.05. The molecule has 2 heterocycles. The second kappa shape index (κ2) is 9.02. The van der Waals surface area contributed by atoms with E-state index in [2.05, 4.69) is 15.6 Å². The normalized spacial score (nSPS) is 14.8. The van der Waals surface area contributed by atoms with Gasteiger partial charge in [0.25, 0.3) is 5.91 Å². The number of hydrogen-bond donors (Lipinski definition) is 3. The van der Waals surface area contributed by atoms with Gasteiger partial charge in [0, 0.05) is 37.1 Å².